The van der Waals surface area contributed by atoms with Gasteiger partial charge in [-0.05, 0) is 6.42 Å². The van der Waals surface area contributed by atoms with E-state index in [2.05, 4.69) is 27.0 Å². The summed E-state index contributed by atoms with van der Waals surface area (Å²) in [7, 11) is 0. The molecule has 0 heterocycles. The summed E-state index contributed by atoms with van der Waals surface area (Å²) >= 11 is 1.74. The predicted octanol–water partition coefficient (Wildman–Crippen LogP) is 4.26. The number of thioether (sulfide) groups is 1. The van der Waals surface area contributed by atoms with E-state index in [1.54, 1.807) is 11.8 Å². The summed E-state index contributed by atoms with van der Waals surface area (Å²) in [6, 6.07) is 0. The maximum absolute atomic E-state index is 3.87. The van der Waals surface area contributed by atoms with Gasteiger partial charge in [-0.25, -0.2) is 0 Å². The van der Waals surface area contributed by atoms with E-state index in [0.29, 0.717) is 4.75 Å². The van der Waals surface area contributed by atoms with Gasteiger partial charge in [-0.3, -0.25) is 0 Å². The lowest BCUT2D eigenvalue weighted by molar-refractivity contribution is 0.560. The summed E-state index contributed by atoms with van der Waals surface area (Å²) in [6.07, 6.45) is 10.7. The third kappa shape index (κ3) is 6.74. The van der Waals surface area contributed by atoms with E-state index in [-0.39, 0.29) is 0 Å². The molecule has 0 aromatic heterocycles. The number of hydrogen-bond acceptors (Lipinski definition) is 1. The molecule has 0 bridgehead atoms. The Morgan fingerprint density at radius 2 is 1.82 bits per heavy atom. The minimum Gasteiger partial charge on any atom is -0.155 e. The molecule has 0 aromatic carbocycles. The Hall–Kier alpha value is 0.350. The van der Waals surface area contributed by atoms with Crippen molar-refractivity contribution in [2.45, 2.75) is 57.6 Å². The van der Waals surface area contributed by atoms with Crippen LogP contribution in [0.5, 0.6) is 0 Å². The third-order valence-electron chi connectivity index (χ3n) is 2.02. The van der Waals surface area contributed by atoms with Crippen molar-refractivity contribution in [1.29, 1.82) is 0 Å². The maximum atomic E-state index is 3.87. The normalized spacial score (nSPS) is 12.0. The van der Waals surface area contributed by atoms with Crippen LogP contribution >= 0.6 is 11.8 Å². The van der Waals surface area contributed by atoms with Crippen LogP contribution in [0.25, 0.3) is 0 Å². The first-order valence-corrected chi connectivity index (χ1v) is 5.54. The zero-order chi connectivity index (χ0) is 8.74. The monoisotopic (exact) mass is 173 g/mol. The number of rotatable bonds is 6. The molecule has 0 amide bonds. The van der Waals surface area contributed by atoms with Crippen molar-refractivity contribution in [3.05, 3.63) is 6.26 Å². The quantitative estimate of drug-likeness (QED) is 0.541. The molecular formula is C10H21S. The Bertz CT molecular complexity index is 86.9. The highest BCUT2D eigenvalue weighted by molar-refractivity contribution is 8.01. The molecule has 0 spiro atoms. The lowest BCUT2D eigenvalue weighted by Crippen LogP contribution is -2.12. The Morgan fingerprint density at radius 3 is 2.27 bits per heavy atom. The van der Waals surface area contributed by atoms with Crippen molar-refractivity contribution >= 4 is 11.8 Å². The highest BCUT2D eigenvalue weighted by Crippen LogP contribution is 2.28. The van der Waals surface area contributed by atoms with Crippen molar-refractivity contribution in [2.24, 2.45) is 0 Å². The molecule has 1 heteroatoms. The molecule has 0 rings (SSSR count). The Morgan fingerprint density at radius 1 is 1.18 bits per heavy atom. The second kappa shape index (κ2) is 5.93. The molecular weight excluding hydrogens is 152 g/mol. The van der Waals surface area contributed by atoms with E-state index in [9.17, 15) is 0 Å². The summed E-state index contributed by atoms with van der Waals surface area (Å²) in [5, 5.41) is 0. The van der Waals surface area contributed by atoms with E-state index < -0.39 is 0 Å². The molecule has 0 saturated heterocycles. The molecule has 1 radical (unpaired) electrons. The lowest BCUT2D eigenvalue weighted by Gasteiger charge is -2.21. The van der Waals surface area contributed by atoms with Crippen molar-refractivity contribution < 1.29 is 0 Å². The second-order valence-corrected chi connectivity index (χ2v) is 5.11. The maximum Gasteiger partial charge on any atom is 0.0104 e. The standard InChI is InChI=1S/C10H21S/c1-5-6-7-8-9-10(2,3)11-4/h4-9H2,1-3H3. The van der Waals surface area contributed by atoms with Crippen LogP contribution in [0, 0.1) is 6.26 Å². The number of unbranched alkanes of at least 4 members (excludes halogenated alkanes) is 3. The van der Waals surface area contributed by atoms with Gasteiger partial charge in [-0.2, -0.15) is 11.8 Å². The van der Waals surface area contributed by atoms with Gasteiger partial charge in [0, 0.05) is 11.0 Å². The average Bonchev–Trinajstić information content (AvgIpc) is 1.99. The summed E-state index contributed by atoms with van der Waals surface area (Å²) in [4.78, 5) is 0. The van der Waals surface area contributed by atoms with E-state index in [0.717, 1.165) is 0 Å². The topological polar surface area (TPSA) is 0 Å². The van der Waals surface area contributed by atoms with Gasteiger partial charge in [0.1, 0.15) is 0 Å². The van der Waals surface area contributed by atoms with Crippen LogP contribution < -0.4 is 0 Å². The first-order valence-electron chi connectivity index (χ1n) is 4.55. The van der Waals surface area contributed by atoms with Crippen molar-refractivity contribution in [3.8, 4) is 0 Å². The first-order chi connectivity index (χ1) is 5.12. The van der Waals surface area contributed by atoms with E-state index in [1.165, 1.54) is 32.1 Å². The molecule has 11 heavy (non-hydrogen) atoms. The average molecular weight is 173 g/mol. The molecule has 67 valence electrons. The summed E-state index contributed by atoms with van der Waals surface area (Å²) in [5.41, 5.74) is 0. The first kappa shape index (κ1) is 11.4. The molecule has 0 aromatic rings. The van der Waals surface area contributed by atoms with Gasteiger partial charge in [0.2, 0.25) is 0 Å². The smallest absolute Gasteiger partial charge is 0.0104 e. The van der Waals surface area contributed by atoms with Crippen molar-refractivity contribution in [3.63, 3.8) is 0 Å². The van der Waals surface area contributed by atoms with Crippen LogP contribution in [0.4, 0.5) is 0 Å². The summed E-state index contributed by atoms with van der Waals surface area (Å²) < 4.78 is 0.397. The minimum absolute atomic E-state index is 0.397. The van der Waals surface area contributed by atoms with E-state index in [4.69, 9.17) is 0 Å². The molecule has 0 saturated carbocycles. The van der Waals surface area contributed by atoms with Gasteiger partial charge in [0.15, 0.2) is 0 Å². The second-order valence-electron chi connectivity index (χ2n) is 3.71. The van der Waals surface area contributed by atoms with Crippen LogP contribution in [0.15, 0.2) is 0 Å². The van der Waals surface area contributed by atoms with Crippen LogP contribution in [-0.4, -0.2) is 4.75 Å². The van der Waals surface area contributed by atoms with Crippen LogP contribution in [-0.2, 0) is 0 Å². The van der Waals surface area contributed by atoms with E-state index in [1.807, 2.05) is 0 Å². The van der Waals surface area contributed by atoms with E-state index >= 15 is 0 Å². The van der Waals surface area contributed by atoms with Gasteiger partial charge in [-0.15, -0.1) is 0 Å². The number of hydrogen-bond donors (Lipinski definition) is 0. The fourth-order valence-electron chi connectivity index (χ4n) is 1.05. The largest absolute Gasteiger partial charge is 0.155 e. The molecule has 0 atom stereocenters. The SMILES string of the molecule is [CH2]SC(C)(C)CCCCCC. The van der Waals surface area contributed by atoms with Gasteiger partial charge in [-0.1, -0.05) is 46.5 Å². The Labute approximate surface area is 76.1 Å². The lowest BCUT2D eigenvalue weighted by atomic mass is 10.0. The van der Waals surface area contributed by atoms with Crippen LogP contribution in [0.3, 0.4) is 0 Å². The Balaban J connectivity index is 3.23. The molecule has 0 aliphatic rings. The zero-order valence-corrected chi connectivity index (χ0v) is 8.97. The molecule has 0 fully saturated rings. The third-order valence-corrected chi connectivity index (χ3v) is 3.01. The van der Waals surface area contributed by atoms with Crippen molar-refractivity contribution in [1.82, 2.24) is 0 Å². The fraction of sp³-hybridized carbons (Fsp3) is 0.900. The van der Waals surface area contributed by atoms with Crippen LogP contribution in [0.1, 0.15) is 52.9 Å². The highest BCUT2D eigenvalue weighted by Gasteiger charge is 2.14. The van der Waals surface area contributed by atoms with Gasteiger partial charge in [0.05, 0.1) is 0 Å². The van der Waals surface area contributed by atoms with Gasteiger partial charge >= 0.3 is 0 Å². The fourth-order valence-corrected chi connectivity index (χ4v) is 1.34. The molecule has 0 aliphatic heterocycles. The van der Waals surface area contributed by atoms with Gasteiger partial charge in [0.25, 0.3) is 0 Å². The highest BCUT2D eigenvalue weighted by atomic mass is 32.2. The zero-order valence-electron chi connectivity index (χ0n) is 8.15. The van der Waals surface area contributed by atoms with Crippen LogP contribution in [0.2, 0.25) is 0 Å². The molecule has 0 aliphatic carbocycles. The molecule has 0 N–H and O–H groups in total. The Kier molecular flexibility index (Phi) is 6.12. The summed E-state index contributed by atoms with van der Waals surface area (Å²) in [6.45, 7) is 6.80. The molecule has 0 unspecified atom stereocenters. The predicted molar refractivity (Wildman–Crippen MR) is 55.8 cm³/mol. The van der Waals surface area contributed by atoms with Crippen molar-refractivity contribution in [2.75, 3.05) is 0 Å². The molecule has 0 nitrogen and oxygen atoms in total. The van der Waals surface area contributed by atoms with Gasteiger partial charge < -0.3 is 0 Å². The minimum atomic E-state index is 0.397. The summed E-state index contributed by atoms with van der Waals surface area (Å²) in [5.74, 6) is 0.